The number of hydrogen-bond acceptors (Lipinski definition) is 16. The Kier molecular flexibility index (Phi) is 18.2. The van der Waals surface area contributed by atoms with Crippen molar-refractivity contribution in [2.45, 2.75) is 78.6 Å². The number of aromatic amines is 1. The minimum Gasteiger partial charge on any atom is -0.461 e. The Morgan fingerprint density at radius 2 is 1.31 bits per heavy atom. The third-order valence-corrected chi connectivity index (χ3v) is 11.7. The van der Waals surface area contributed by atoms with E-state index in [0.717, 1.165) is 55.7 Å². The number of aromatic nitrogens is 8. The summed E-state index contributed by atoms with van der Waals surface area (Å²) in [7, 11) is 3.16. The number of anilines is 2. The standard InChI is InChI=1S/C26H36N8O5.C22H30N6O3/c1-4-28-24(35)33(14-17-9-10-17)15-18-7-6-8-19(13-18)16-34-22-20(30-25(34)39-26(36)29-5-2)21(27)31-23(32-22)38-12-11-37-3;1-30-11-12-31-21-25-19(23)18-20(26-21)28(22(29)24-18)15-17-8-6-7-16(13-17)14-27-9-4-2-3-5-10-27/h6-8,13,17H,4-5,9-12,14-16H2,1-3H3,(H,28,35)(H,29,36)(H2,27,31,32);6-8,13H,2-5,9-12,14-15H2,1H3,(H,24,29)(H2,23,25,26). The number of benzene rings is 2. The predicted octanol–water partition coefficient (Wildman–Crippen LogP) is 4.68. The molecule has 1 saturated heterocycles. The highest BCUT2D eigenvalue weighted by Crippen LogP contribution is 2.31. The van der Waals surface area contributed by atoms with Crippen LogP contribution in [0.25, 0.3) is 22.3 Å². The number of likely N-dealkylation sites (tertiary alicyclic amines) is 1. The van der Waals surface area contributed by atoms with Crippen molar-refractivity contribution in [3.8, 4) is 18.0 Å². The minimum atomic E-state index is -0.649. The fourth-order valence-electron chi connectivity index (χ4n) is 8.09. The van der Waals surface area contributed by atoms with Gasteiger partial charge in [-0.05, 0) is 80.8 Å². The predicted molar refractivity (Wildman–Crippen MR) is 264 cm³/mol. The summed E-state index contributed by atoms with van der Waals surface area (Å²) < 4.78 is 29.8. The average Bonchev–Trinajstić information content (AvgIpc) is 4.09. The van der Waals surface area contributed by atoms with Crippen LogP contribution in [0.1, 0.15) is 74.6 Å². The molecule has 5 heterocycles. The molecule has 0 unspecified atom stereocenters. The van der Waals surface area contributed by atoms with Gasteiger partial charge in [-0.25, -0.2) is 14.4 Å². The zero-order valence-electron chi connectivity index (χ0n) is 40.6. The summed E-state index contributed by atoms with van der Waals surface area (Å²) in [5.41, 5.74) is 17.6. The molecule has 3 amide bonds. The third kappa shape index (κ3) is 14.0. The second-order valence-corrected chi connectivity index (χ2v) is 17.2. The first kappa shape index (κ1) is 50.8. The quantitative estimate of drug-likeness (QED) is 0.0613. The monoisotopic (exact) mass is 967 g/mol. The minimum absolute atomic E-state index is 0.0223. The molecule has 22 nitrogen and oxygen atoms in total. The van der Waals surface area contributed by atoms with E-state index in [4.69, 9.17) is 35.2 Å². The van der Waals surface area contributed by atoms with Crippen LogP contribution in [-0.2, 0) is 35.7 Å². The summed E-state index contributed by atoms with van der Waals surface area (Å²) in [4.78, 5) is 66.3. The molecular formula is C48H66N14O8. The average molecular weight is 967 g/mol. The summed E-state index contributed by atoms with van der Waals surface area (Å²) in [6.45, 7) is 11.1. The second-order valence-electron chi connectivity index (χ2n) is 17.2. The summed E-state index contributed by atoms with van der Waals surface area (Å²) in [5.74, 6) is 0.842. The molecule has 1 saturated carbocycles. The van der Waals surface area contributed by atoms with E-state index < -0.39 is 6.09 Å². The number of hydrogen-bond donors (Lipinski definition) is 5. The smallest absolute Gasteiger partial charge is 0.415 e. The number of nitrogens with two attached hydrogens (primary N) is 2. The van der Waals surface area contributed by atoms with E-state index in [2.05, 4.69) is 57.6 Å². The number of methoxy groups -OCH3 is 2. The molecule has 70 heavy (non-hydrogen) atoms. The molecule has 0 atom stereocenters. The molecule has 22 heteroatoms. The molecule has 2 aromatic carbocycles. The van der Waals surface area contributed by atoms with Crippen molar-refractivity contribution in [3.05, 3.63) is 81.3 Å². The fraction of sp³-hybridized carbons (Fsp3) is 0.500. The first-order chi connectivity index (χ1) is 34.0. The fourth-order valence-corrected chi connectivity index (χ4v) is 8.09. The molecule has 1 aliphatic carbocycles. The van der Waals surface area contributed by atoms with Crippen molar-refractivity contribution in [2.75, 3.05) is 84.8 Å². The van der Waals surface area contributed by atoms with Gasteiger partial charge in [0, 0.05) is 46.9 Å². The highest BCUT2D eigenvalue weighted by atomic mass is 16.6. The normalized spacial score (nSPS) is 13.9. The maximum atomic E-state index is 12.7. The summed E-state index contributed by atoms with van der Waals surface area (Å²) in [6, 6.07) is 16.4. The van der Waals surface area contributed by atoms with E-state index in [0.29, 0.717) is 68.7 Å². The van der Waals surface area contributed by atoms with Crippen LogP contribution in [0.5, 0.6) is 18.0 Å². The first-order valence-electron chi connectivity index (χ1n) is 23.9. The number of amides is 3. The van der Waals surface area contributed by atoms with E-state index in [1.165, 1.54) is 31.2 Å². The van der Waals surface area contributed by atoms with Gasteiger partial charge < -0.3 is 55.7 Å². The Bertz CT molecular complexity index is 2730. The molecule has 0 bridgehead atoms. The van der Waals surface area contributed by atoms with Crippen molar-refractivity contribution in [1.82, 2.24) is 59.5 Å². The number of nitrogen functional groups attached to an aromatic ring is 2. The van der Waals surface area contributed by atoms with Gasteiger partial charge in [-0.15, -0.1) is 0 Å². The Labute approximate surface area is 406 Å². The summed E-state index contributed by atoms with van der Waals surface area (Å²) in [5, 5.41) is 5.51. The Morgan fingerprint density at radius 3 is 1.94 bits per heavy atom. The molecule has 7 N–H and O–H groups in total. The van der Waals surface area contributed by atoms with Crippen molar-refractivity contribution in [2.24, 2.45) is 5.92 Å². The van der Waals surface area contributed by atoms with Gasteiger partial charge in [0.25, 0.3) is 0 Å². The molecular weight excluding hydrogens is 901 g/mol. The van der Waals surface area contributed by atoms with Crippen LogP contribution in [0, 0.1) is 5.92 Å². The highest BCUT2D eigenvalue weighted by molar-refractivity contribution is 5.84. The molecule has 2 fully saturated rings. The lowest BCUT2D eigenvalue weighted by atomic mass is 10.1. The van der Waals surface area contributed by atoms with Crippen LogP contribution >= 0.6 is 0 Å². The van der Waals surface area contributed by atoms with Crippen molar-refractivity contribution in [1.29, 1.82) is 0 Å². The Hall–Kier alpha value is -7.04. The molecule has 6 aromatic rings. The SMILES string of the molecule is CCNC(=O)Oc1nc2c(N)nc(OCCOC)nc2n1Cc1cccc(CN(CC2CC2)C(=O)NCC)c1.COCCOc1nc(N)c2[nH]c(=O)n(Cc3cccc(CN4CCCCCC4)c3)c2n1. The lowest BCUT2D eigenvalue weighted by Crippen LogP contribution is -2.40. The van der Waals surface area contributed by atoms with Crippen LogP contribution in [0.15, 0.2) is 53.3 Å². The van der Waals surface area contributed by atoms with Gasteiger partial charge in [-0.1, -0.05) is 61.4 Å². The number of fused-ring (bicyclic) bond motifs is 2. The zero-order chi connectivity index (χ0) is 49.4. The van der Waals surface area contributed by atoms with Gasteiger partial charge in [0.1, 0.15) is 18.7 Å². The molecule has 8 rings (SSSR count). The lowest BCUT2D eigenvalue weighted by Gasteiger charge is -2.23. The maximum Gasteiger partial charge on any atom is 0.415 e. The highest BCUT2D eigenvalue weighted by Gasteiger charge is 2.27. The molecule has 0 spiro atoms. The van der Waals surface area contributed by atoms with E-state index in [9.17, 15) is 14.4 Å². The van der Waals surface area contributed by atoms with Crippen LogP contribution in [0.3, 0.4) is 0 Å². The number of urea groups is 1. The molecule has 0 radical (unpaired) electrons. The molecule has 1 aliphatic heterocycles. The Morgan fingerprint density at radius 1 is 0.729 bits per heavy atom. The van der Waals surface area contributed by atoms with Crippen molar-refractivity contribution < 1.29 is 33.3 Å². The maximum absolute atomic E-state index is 12.7. The summed E-state index contributed by atoms with van der Waals surface area (Å²) >= 11 is 0. The number of carbonyl (C=O) groups excluding carboxylic acids is 2. The van der Waals surface area contributed by atoms with Gasteiger partial charge in [-0.3, -0.25) is 14.0 Å². The third-order valence-electron chi connectivity index (χ3n) is 11.7. The largest absolute Gasteiger partial charge is 0.461 e. The number of carbonyl (C=O) groups is 2. The van der Waals surface area contributed by atoms with Crippen LogP contribution in [-0.4, -0.2) is 134 Å². The number of nitrogens with one attached hydrogen (secondary N) is 3. The molecule has 4 aromatic heterocycles. The molecule has 2 aliphatic rings. The summed E-state index contributed by atoms with van der Waals surface area (Å²) in [6.07, 6.45) is 6.83. The topological polar surface area (TPSA) is 270 Å². The van der Waals surface area contributed by atoms with E-state index in [-0.39, 0.29) is 60.1 Å². The van der Waals surface area contributed by atoms with Crippen LogP contribution < -0.4 is 42.0 Å². The molecule has 376 valence electrons. The van der Waals surface area contributed by atoms with Gasteiger partial charge in [0.2, 0.25) is 0 Å². The van der Waals surface area contributed by atoms with Gasteiger partial charge in [0.05, 0.1) is 26.3 Å². The van der Waals surface area contributed by atoms with E-state index in [1.807, 2.05) is 48.2 Å². The first-order valence-corrected chi connectivity index (χ1v) is 23.9. The second kappa shape index (κ2) is 25.0. The van der Waals surface area contributed by atoms with E-state index in [1.54, 1.807) is 30.3 Å². The van der Waals surface area contributed by atoms with Crippen molar-refractivity contribution >= 4 is 46.1 Å². The number of ether oxygens (including phenoxy) is 5. The lowest BCUT2D eigenvalue weighted by molar-refractivity contribution is 0.141. The van der Waals surface area contributed by atoms with Crippen LogP contribution in [0.2, 0.25) is 0 Å². The van der Waals surface area contributed by atoms with Gasteiger partial charge in [0.15, 0.2) is 28.4 Å². The zero-order valence-corrected chi connectivity index (χ0v) is 40.6. The van der Waals surface area contributed by atoms with Crippen molar-refractivity contribution in [3.63, 3.8) is 0 Å². The van der Waals surface area contributed by atoms with Gasteiger partial charge in [-0.2, -0.15) is 24.9 Å². The number of imidazole rings is 2. The Balaban J connectivity index is 0.000000212. The van der Waals surface area contributed by atoms with E-state index >= 15 is 0 Å². The van der Waals surface area contributed by atoms with Crippen LogP contribution in [0.4, 0.5) is 21.2 Å². The number of nitrogens with zero attached hydrogens (tertiary/aromatic N) is 9. The van der Waals surface area contributed by atoms with Gasteiger partial charge >= 0.3 is 35.8 Å². The number of H-pyrrole nitrogens is 1. The number of rotatable bonds is 21.